The van der Waals surface area contributed by atoms with Crippen LogP contribution >= 0.6 is 0 Å². The molecule has 1 heterocycles. The molecule has 0 saturated heterocycles. The molecule has 0 aliphatic carbocycles. The number of hydrogen-bond donors (Lipinski definition) is 1. The SMILES string of the molecule is Cc1ccn(CCN(C(C)C)C(C)C)c(=O)c1C(=O)O. The molecule has 20 heavy (non-hydrogen) atoms. The number of carbonyl (C=O) groups is 1. The summed E-state index contributed by atoms with van der Waals surface area (Å²) in [6.07, 6.45) is 1.67. The van der Waals surface area contributed by atoms with E-state index in [2.05, 4.69) is 32.6 Å². The Bertz CT molecular complexity index is 524. The Morgan fingerprint density at radius 1 is 1.30 bits per heavy atom. The molecular formula is C15H24N2O3. The maximum atomic E-state index is 12.1. The van der Waals surface area contributed by atoms with Gasteiger partial charge in [0.15, 0.2) is 0 Å². The predicted molar refractivity (Wildman–Crippen MR) is 79.4 cm³/mol. The van der Waals surface area contributed by atoms with Gasteiger partial charge in [-0.2, -0.15) is 0 Å². The van der Waals surface area contributed by atoms with Crippen molar-refractivity contribution < 1.29 is 9.90 Å². The molecule has 0 aliphatic rings. The molecule has 0 fully saturated rings. The van der Waals surface area contributed by atoms with E-state index in [0.29, 0.717) is 24.2 Å². The zero-order valence-corrected chi connectivity index (χ0v) is 12.9. The van der Waals surface area contributed by atoms with Crippen molar-refractivity contribution in [3.8, 4) is 0 Å². The van der Waals surface area contributed by atoms with Crippen LogP contribution in [0.25, 0.3) is 0 Å². The molecule has 0 spiro atoms. The number of nitrogens with zero attached hydrogens (tertiary/aromatic N) is 2. The van der Waals surface area contributed by atoms with Crippen molar-refractivity contribution in [2.45, 2.75) is 53.2 Å². The third kappa shape index (κ3) is 3.70. The number of carboxylic acid groups (broad SMARTS) is 1. The zero-order chi connectivity index (χ0) is 15.4. The van der Waals surface area contributed by atoms with Crippen molar-refractivity contribution in [1.29, 1.82) is 0 Å². The molecule has 0 bridgehead atoms. The first kappa shape index (κ1) is 16.4. The maximum Gasteiger partial charge on any atom is 0.341 e. The molecule has 112 valence electrons. The lowest BCUT2D eigenvalue weighted by Crippen LogP contribution is -2.40. The van der Waals surface area contributed by atoms with Gasteiger partial charge < -0.3 is 9.67 Å². The summed E-state index contributed by atoms with van der Waals surface area (Å²) < 4.78 is 1.48. The van der Waals surface area contributed by atoms with Gasteiger partial charge in [0, 0.05) is 31.4 Å². The number of hydrogen-bond acceptors (Lipinski definition) is 3. The molecule has 0 radical (unpaired) electrons. The van der Waals surface area contributed by atoms with Gasteiger partial charge in [-0.1, -0.05) is 0 Å². The number of carboxylic acids is 1. The van der Waals surface area contributed by atoms with Crippen LogP contribution in [0, 0.1) is 6.92 Å². The predicted octanol–water partition coefficient (Wildman–Crippen LogP) is 1.97. The van der Waals surface area contributed by atoms with Crippen molar-refractivity contribution in [3.63, 3.8) is 0 Å². The Labute approximate surface area is 119 Å². The summed E-state index contributed by atoms with van der Waals surface area (Å²) in [7, 11) is 0. The number of aromatic carboxylic acids is 1. The van der Waals surface area contributed by atoms with E-state index in [1.165, 1.54) is 4.57 Å². The normalized spacial score (nSPS) is 11.6. The summed E-state index contributed by atoms with van der Waals surface area (Å²) in [6, 6.07) is 2.45. The van der Waals surface area contributed by atoms with E-state index in [1.807, 2.05) is 0 Å². The average molecular weight is 280 g/mol. The summed E-state index contributed by atoms with van der Waals surface area (Å²) in [4.78, 5) is 25.5. The molecule has 0 unspecified atom stereocenters. The third-order valence-electron chi connectivity index (χ3n) is 3.51. The van der Waals surface area contributed by atoms with Crippen molar-refractivity contribution in [2.24, 2.45) is 0 Å². The van der Waals surface area contributed by atoms with Crippen molar-refractivity contribution in [2.75, 3.05) is 6.54 Å². The molecule has 0 saturated carbocycles. The average Bonchev–Trinajstić information content (AvgIpc) is 2.30. The van der Waals surface area contributed by atoms with Crippen LogP contribution in [0.1, 0.15) is 43.6 Å². The number of pyridine rings is 1. The van der Waals surface area contributed by atoms with Gasteiger partial charge in [0.05, 0.1) is 0 Å². The highest BCUT2D eigenvalue weighted by molar-refractivity contribution is 5.88. The fraction of sp³-hybridized carbons (Fsp3) is 0.600. The minimum Gasteiger partial charge on any atom is -0.477 e. The van der Waals surface area contributed by atoms with Crippen LogP contribution < -0.4 is 5.56 Å². The van der Waals surface area contributed by atoms with Crippen molar-refractivity contribution in [3.05, 3.63) is 33.7 Å². The maximum absolute atomic E-state index is 12.1. The molecule has 0 aromatic carbocycles. The largest absolute Gasteiger partial charge is 0.477 e. The van der Waals surface area contributed by atoms with Crippen LogP contribution in [0.15, 0.2) is 17.1 Å². The van der Waals surface area contributed by atoms with Gasteiger partial charge >= 0.3 is 5.97 Å². The van der Waals surface area contributed by atoms with Crippen LogP contribution in [0.2, 0.25) is 0 Å². The highest BCUT2D eigenvalue weighted by atomic mass is 16.4. The minimum absolute atomic E-state index is 0.131. The van der Waals surface area contributed by atoms with E-state index in [1.54, 1.807) is 19.2 Å². The molecule has 1 N–H and O–H groups in total. The topological polar surface area (TPSA) is 62.5 Å². The van der Waals surface area contributed by atoms with Gasteiger partial charge in [-0.05, 0) is 46.2 Å². The summed E-state index contributed by atoms with van der Waals surface area (Å²) in [5, 5.41) is 9.10. The fourth-order valence-corrected chi connectivity index (χ4v) is 2.44. The second-order valence-electron chi connectivity index (χ2n) is 5.60. The quantitative estimate of drug-likeness (QED) is 0.865. The van der Waals surface area contributed by atoms with Gasteiger partial charge in [-0.3, -0.25) is 9.69 Å². The second kappa shape index (κ2) is 6.70. The molecule has 1 aromatic rings. The standard InChI is InChI=1S/C15H24N2O3/c1-10(2)17(11(3)4)9-8-16-7-6-12(5)13(14(16)18)15(19)20/h6-7,10-11H,8-9H2,1-5H3,(H,19,20). The Morgan fingerprint density at radius 2 is 1.85 bits per heavy atom. The number of aryl methyl sites for hydroxylation is 1. The highest BCUT2D eigenvalue weighted by Gasteiger charge is 2.16. The second-order valence-corrected chi connectivity index (χ2v) is 5.60. The summed E-state index contributed by atoms with van der Waals surface area (Å²) in [5.41, 5.74) is -0.0542. The smallest absolute Gasteiger partial charge is 0.341 e. The lowest BCUT2D eigenvalue weighted by molar-refractivity contribution is 0.0693. The van der Waals surface area contributed by atoms with E-state index in [-0.39, 0.29) is 5.56 Å². The molecule has 5 heteroatoms. The van der Waals surface area contributed by atoms with Crippen LogP contribution in [0.5, 0.6) is 0 Å². The minimum atomic E-state index is -1.16. The fourth-order valence-electron chi connectivity index (χ4n) is 2.44. The lowest BCUT2D eigenvalue weighted by atomic mass is 10.1. The van der Waals surface area contributed by atoms with Crippen molar-refractivity contribution >= 4 is 5.97 Å². The number of rotatable bonds is 6. The van der Waals surface area contributed by atoms with Crippen LogP contribution in [-0.2, 0) is 6.54 Å². The van der Waals surface area contributed by atoms with E-state index in [0.717, 1.165) is 6.54 Å². The van der Waals surface area contributed by atoms with Gasteiger partial charge in [-0.25, -0.2) is 4.79 Å². The molecule has 0 amide bonds. The number of aromatic nitrogens is 1. The summed E-state index contributed by atoms with van der Waals surface area (Å²) in [5.74, 6) is -1.16. The molecule has 1 aromatic heterocycles. The van der Waals surface area contributed by atoms with Gasteiger partial charge in [0.2, 0.25) is 0 Å². The Morgan fingerprint density at radius 3 is 2.30 bits per heavy atom. The molecule has 5 nitrogen and oxygen atoms in total. The highest BCUT2D eigenvalue weighted by Crippen LogP contribution is 2.06. The molecule has 1 rings (SSSR count). The molecule has 0 atom stereocenters. The van der Waals surface area contributed by atoms with Crippen LogP contribution in [0.4, 0.5) is 0 Å². The van der Waals surface area contributed by atoms with Crippen LogP contribution in [-0.4, -0.2) is 39.2 Å². The van der Waals surface area contributed by atoms with Crippen molar-refractivity contribution in [1.82, 2.24) is 9.47 Å². The van der Waals surface area contributed by atoms with E-state index < -0.39 is 11.5 Å². The summed E-state index contributed by atoms with van der Waals surface area (Å²) in [6.45, 7) is 11.3. The first-order chi connectivity index (χ1) is 9.25. The summed E-state index contributed by atoms with van der Waals surface area (Å²) >= 11 is 0. The first-order valence-electron chi connectivity index (χ1n) is 6.94. The molecule has 0 aliphatic heterocycles. The van der Waals surface area contributed by atoms with E-state index in [9.17, 15) is 9.59 Å². The van der Waals surface area contributed by atoms with E-state index >= 15 is 0 Å². The first-order valence-corrected chi connectivity index (χ1v) is 6.94. The third-order valence-corrected chi connectivity index (χ3v) is 3.51. The monoisotopic (exact) mass is 280 g/mol. The lowest BCUT2D eigenvalue weighted by Gasteiger charge is -2.30. The zero-order valence-electron chi connectivity index (χ0n) is 12.9. The Hall–Kier alpha value is -1.62. The Kier molecular flexibility index (Phi) is 5.51. The molecular weight excluding hydrogens is 256 g/mol. The van der Waals surface area contributed by atoms with Gasteiger partial charge in [0.25, 0.3) is 5.56 Å². The van der Waals surface area contributed by atoms with Gasteiger partial charge in [-0.15, -0.1) is 0 Å². The van der Waals surface area contributed by atoms with E-state index in [4.69, 9.17) is 5.11 Å². The van der Waals surface area contributed by atoms with Gasteiger partial charge in [0.1, 0.15) is 5.56 Å². The Balaban J connectivity index is 2.97. The van der Waals surface area contributed by atoms with Crippen LogP contribution in [0.3, 0.4) is 0 Å².